The van der Waals surface area contributed by atoms with E-state index in [0.717, 1.165) is 29.6 Å². The molecule has 1 aromatic carbocycles. The van der Waals surface area contributed by atoms with Gasteiger partial charge in [-0.25, -0.2) is 0 Å². The molecule has 2 heterocycles. The smallest absolute Gasteiger partial charge is 0.275 e. The van der Waals surface area contributed by atoms with Crippen molar-refractivity contribution in [3.63, 3.8) is 0 Å². The molecule has 1 fully saturated rings. The largest absolute Gasteiger partial charge is 0.342 e. The lowest BCUT2D eigenvalue weighted by atomic mass is 10.1. The maximum Gasteiger partial charge on any atom is 0.275 e. The van der Waals surface area contributed by atoms with Crippen LogP contribution in [0.2, 0.25) is 0 Å². The van der Waals surface area contributed by atoms with Crippen molar-refractivity contribution in [2.75, 3.05) is 45.8 Å². The highest BCUT2D eigenvalue weighted by Crippen LogP contribution is 2.19. The molecule has 1 aromatic heterocycles. The van der Waals surface area contributed by atoms with Crippen molar-refractivity contribution in [2.24, 2.45) is 0 Å². The number of nitrogens with zero attached hydrogens (tertiary/aromatic N) is 4. The number of likely N-dealkylation sites (N-methyl/N-ethyl adjacent to an activating group) is 1. The van der Waals surface area contributed by atoms with Crippen LogP contribution in [-0.4, -0.2) is 82.5 Å². The summed E-state index contributed by atoms with van der Waals surface area (Å²) < 4.78 is 0. The summed E-state index contributed by atoms with van der Waals surface area (Å²) >= 11 is 0. The quantitative estimate of drug-likeness (QED) is 0.880. The Hall–Kier alpha value is -2.41. The van der Waals surface area contributed by atoms with E-state index in [0.29, 0.717) is 38.4 Å². The van der Waals surface area contributed by atoms with Crippen molar-refractivity contribution in [3.8, 4) is 0 Å². The van der Waals surface area contributed by atoms with Crippen LogP contribution in [0.3, 0.4) is 0 Å². The van der Waals surface area contributed by atoms with E-state index in [9.17, 15) is 9.59 Å². The van der Waals surface area contributed by atoms with E-state index in [1.54, 1.807) is 0 Å². The van der Waals surface area contributed by atoms with E-state index in [4.69, 9.17) is 0 Å². The van der Waals surface area contributed by atoms with Crippen LogP contribution in [0.15, 0.2) is 18.2 Å². The Kier molecular flexibility index (Phi) is 5.56. The van der Waals surface area contributed by atoms with Crippen molar-refractivity contribution < 1.29 is 9.59 Å². The standard InChI is InChI=1S/C19H27N5O2/c1-4-23(5-2)17(25)13-22-8-10-24(11-9-22)19(26)18-15-12-14(3)6-7-16(15)20-21-18/h6-7,12H,4-5,8-11,13H2,1-3H3,(H,20,21). The van der Waals surface area contributed by atoms with Crippen molar-refractivity contribution >= 4 is 22.7 Å². The number of aromatic amines is 1. The van der Waals surface area contributed by atoms with Gasteiger partial charge in [0, 0.05) is 44.7 Å². The lowest BCUT2D eigenvalue weighted by molar-refractivity contribution is -0.132. The van der Waals surface area contributed by atoms with E-state index < -0.39 is 0 Å². The molecule has 0 bridgehead atoms. The summed E-state index contributed by atoms with van der Waals surface area (Å²) in [4.78, 5) is 30.9. The number of rotatable bonds is 5. The average molecular weight is 357 g/mol. The first-order valence-electron chi connectivity index (χ1n) is 9.27. The minimum atomic E-state index is -0.0448. The second-order valence-electron chi connectivity index (χ2n) is 6.76. The Balaban J connectivity index is 1.61. The fourth-order valence-electron chi connectivity index (χ4n) is 3.42. The highest BCUT2D eigenvalue weighted by Gasteiger charge is 2.26. The maximum absolute atomic E-state index is 12.9. The van der Waals surface area contributed by atoms with Gasteiger partial charge in [-0.1, -0.05) is 11.6 Å². The molecule has 0 unspecified atom stereocenters. The predicted octanol–water partition coefficient (Wildman–Crippen LogP) is 1.50. The maximum atomic E-state index is 12.9. The molecular weight excluding hydrogens is 330 g/mol. The molecule has 1 saturated heterocycles. The van der Waals surface area contributed by atoms with E-state index >= 15 is 0 Å². The minimum Gasteiger partial charge on any atom is -0.342 e. The molecule has 26 heavy (non-hydrogen) atoms. The van der Waals surface area contributed by atoms with E-state index in [1.165, 1.54) is 0 Å². The number of hydrogen-bond acceptors (Lipinski definition) is 4. The Bertz CT molecular complexity index is 788. The van der Waals surface area contributed by atoms with Gasteiger partial charge >= 0.3 is 0 Å². The summed E-state index contributed by atoms with van der Waals surface area (Å²) in [5.41, 5.74) is 2.46. The third-order valence-electron chi connectivity index (χ3n) is 5.06. The van der Waals surface area contributed by atoms with Crippen LogP contribution in [0, 0.1) is 6.92 Å². The van der Waals surface area contributed by atoms with Crippen LogP contribution in [0.4, 0.5) is 0 Å². The molecule has 7 heteroatoms. The molecule has 0 aliphatic carbocycles. The molecule has 2 amide bonds. The predicted molar refractivity (Wildman–Crippen MR) is 101 cm³/mol. The van der Waals surface area contributed by atoms with Crippen molar-refractivity contribution in [3.05, 3.63) is 29.5 Å². The Morgan fingerprint density at radius 2 is 1.85 bits per heavy atom. The number of piperazine rings is 1. The van der Waals surface area contributed by atoms with Gasteiger partial charge in [0.05, 0.1) is 12.1 Å². The second-order valence-corrected chi connectivity index (χ2v) is 6.76. The summed E-state index contributed by atoms with van der Waals surface area (Å²) in [6, 6.07) is 5.94. The Labute approximate surface area is 153 Å². The number of nitrogens with one attached hydrogen (secondary N) is 1. The van der Waals surface area contributed by atoms with Crippen LogP contribution >= 0.6 is 0 Å². The minimum absolute atomic E-state index is 0.0448. The number of aryl methyl sites for hydroxylation is 1. The zero-order chi connectivity index (χ0) is 18.7. The Morgan fingerprint density at radius 3 is 2.50 bits per heavy atom. The van der Waals surface area contributed by atoms with Gasteiger partial charge in [-0.3, -0.25) is 19.6 Å². The van der Waals surface area contributed by atoms with Crippen LogP contribution in [0.1, 0.15) is 29.9 Å². The zero-order valence-corrected chi connectivity index (χ0v) is 15.8. The molecule has 1 aliphatic rings. The highest BCUT2D eigenvalue weighted by molar-refractivity contribution is 6.04. The molecule has 0 atom stereocenters. The van der Waals surface area contributed by atoms with Gasteiger partial charge in [-0.2, -0.15) is 5.10 Å². The number of benzene rings is 1. The number of carbonyl (C=O) groups is 2. The van der Waals surface area contributed by atoms with Gasteiger partial charge in [0.1, 0.15) is 0 Å². The number of fused-ring (bicyclic) bond motifs is 1. The lowest BCUT2D eigenvalue weighted by Gasteiger charge is -2.35. The molecule has 3 rings (SSSR count). The molecule has 0 spiro atoms. The summed E-state index contributed by atoms with van der Waals surface area (Å²) in [6.07, 6.45) is 0. The van der Waals surface area contributed by atoms with E-state index in [-0.39, 0.29) is 11.8 Å². The number of H-pyrrole nitrogens is 1. The SMILES string of the molecule is CCN(CC)C(=O)CN1CCN(C(=O)c2n[nH]c3ccc(C)cc23)CC1. The van der Waals surface area contributed by atoms with Gasteiger partial charge in [-0.15, -0.1) is 0 Å². The topological polar surface area (TPSA) is 72.5 Å². The molecule has 0 saturated carbocycles. The lowest BCUT2D eigenvalue weighted by Crippen LogP contribution is -2.51. The summed E-state index contributed by atoms with van der Waals surface area (Å²) in [6.45, 7) is 10.5. The van der Waals surface area contributed by atoms with Gasteiger partial charge in [0.2, 0.25) is 5.91 Å². The van der Waals surface area contributed by atoms with Crippen LogP contribution in [0.5, 0.6) is 0 Å². The first-order valence-corrected chi connectivity index (χ1v) is 9.27. The summed E-state index contributed by atoms with van der Waals surface area (Å²) in [7, 11) is 0. The van der Waals surface area contributed by atoms with Crippen LogP contribution in [0.25, 0.3) is 10.9 Å². The zero-order valence-electron chi connectivity index (χ0n) is 15.8. The summed E-state index contributed by atoms with van der Waals surface area (Å²) in [5, 5.41) is 8.04. The van der Waals surface area contributed by atoms with E-state index in [2.05, 4.69) is 15.1 Å². The van der Waals surface area contributed by atoms with E-state index in [1.807, 2.05) is 48.8 Å². The van der Waals surface area contributed by atoms with Crippen molar-refractivity contribution in [1.29, 1.82) is 0 Å². The first kappa shape index (κ1) is 18.4. The average Bonchev–Trinajstić information content (AvgIpc) is 3.05. The van der Waals surface area contributed by atoms with Crippen molar-refractivity contribution in [2.45, 2.75) is 20.8 Å². The number of carbonyl (C=O) groups excluding carboxylic acids is 2. The first-order chi connectivity index (χ1) is 12.5. The van der Waals surface area contributed by atoms with Gasteiger partial charge < -0.3 is 9.80 Å². The molecular formula is C19H27N5O2. The van der Waals surface area contributed by atoms with Crippen LogP contribution in [-0.2, 0) is 4.79 Å². The molecule has 140 valence electrons. The number of hydrogen-bond donors (Lipinski definition) is 1. The summed E-state index contributed by atoms with van der Waals surface area (Å²) in [5.74, 6) is 0.111. The van der Waals surface area contributed by atoms with Gasteiger partial charge in [-0.05, 0) is 32.9 Å². The fraction of sp³-hybridized carbons (Fsp3) is 0.526. The van der Waals surface area contributed by atoms with Crippen molar-refractivity contribution in [1.82, 2.24) is 24.9 Å². The third-order valence-corrected chi connectivity index (χ3v) is 5.06. The van der Waals surface area contributed by atoms with Gasteiger partial charge in [0.15, 0.2) is 5.69 Å². The fourth-order valence-corrected chi connectivity index (χ4v) is 3.42. The van der Waals surface area contributed by atoms with Gasteiger partial charge in [0.25, 0.3) is 5.91 Å². The monoisotopic (exact) mass is 357 g/mol. The number of amides is 2. The molecule has 7 nitrogen and oxygen atoms in total. The number of aromatic nitrogens is 2. The molecule has 1 N–H and O–H groups in total. The van der Waals surface area contributed by atoms with Crippen LogP contribution < -0.4 is 0 Å². The highest BCUT2D eigenvalue weighted by atomic mass is 16.2. The molecule has 2 aromatic rings. The third kappa shape index (κ3) is 3.72. The second kappa shape index (κ2) is 7.86. The molecule has 0 radical (unpaired) electrons. The Morgan fingerprint density at radius 1 is 1.15 bits per heavy atom. The molecule has 1 aliphatic heterocycles. The normalized spacial score (nSPS) is 15.4.